The molecule has 7 nitrogen and oxygen atoms in total. The van der Waals surface area contributed by atoms with E-state index in [2.05, 4.69) is 15.7 Å². The van der Waals surface area contributed by atoms with Crippen LogP contribution in [-0.2, 0) is 12.7 Å². The van der Waals surface area contributed by atoms with Gasteiger partial charge in [0.05, 0.1) is 23.2 Å². The molecule has 0 fully saturated rings. The highest BCUT2D eigenvalue weighted by Crippen LogP contribution is 2.34. The summed E-state index contributed by atoms with van der Waals surface area (Å²) < 4.78 is 79.5. The van der Waals surface area contributed by atoms with E-state index in [0.29, 0.717) is 37.0 Å². The molecule has 15 heteroatoms. The molecule has 0 saturated carbocycles. The second-order valence-corrected chi connectivity index (χ2v) is 11.1. The molecule has 3 aromatic rings. The van der Waals surface area contributed by atoms with E-state index in [1.165, 1.54) is 24.3 Å². The Labute approximate surface area is 248 Å². The van der Waals surface area contributed by atoms with Crippen LogP contribution in [0.1, 0.15) is 54.8 Å². The van der Waals surface area contributed by atoms with Crippen LogP contribution in [-0.4, -0.2) is 51.6 Å². The Bertz CT molecular complexity index is 1470. The van der Waals surface area contributed by atoms with Crippen LogP contribution in [0.25, 0.3) is 0 Å². The molecule has 0 spiro atoms. The van der Waals surface area contributed by atoms with E-state index >= 15 is 0 Å². The van der Waals surface area contributed by atoms with Gasteiger partial charge in [-0.1, -0.05) is 18.2 Å². The lowest BCUT2D eigenvalue weighted by molar-refractivity contribution is -0.142. The monoisotopic (exact) mass is 712 g/mol. The summed E-state index contributed by atoms with van der Waals surface area (Å²) in [6.45, 7) is 3.07. The smallest absolute Gasteiger partial charge is 0.349 e. The van der Waals surface area contributed by atoms with Gasteiger partial charge < -0.3 is 10.6 Å². The number of aromatic nitrogens is 2. The zero-order valence-corrected chi connectivity index (χ0v) is 24.7. The quantitative estimate of drug-likeness (QED) is 0.154. The number of ketones is 1. The Kier molecular flexibility index (Phi) is 10.2. The number of rotatable bonds is 9. The molecule has 0 bridgehead atoms. The number of amides is 2. The molecule has 1 atom stereocenters. The first kappa shape index (κ1) is 32.4. The van der Waals surface area contributed by atoms with Crippen LogP contribution in [0.3, 0.4) is 0 Å². The zero-order valence-electron chi connectivity index (χ0n) is 21.7. The minimum atomic E-state index is -5.51. The summed E-state index contributed by atoms with van der Waals surface area (Å²) in [6.07, 6.45) is -8.46. The molecule has 1 aromatic heterocycles. The molecule has 1 heterocycles. The van der Waals surface area contributed by atoms with Crippen LogP contribution >= 0.6 is 34.4 Å². The molecule has 2 N–H and O–H groups in total. The average Bonchev–Trinajstić information content (AvgIpc) is 3.28. The van der Waals surface area contributed by atoms with Gasteiger partial charge in [-0.3, -0.25) is 19.1 Å². The lowest BCUT2D eigenvalue weighted by Crippen LogP contribution is -2.36. The van der Waals surface area contributed by atoms with Crippen molar-refractivity contribution in [2.75, 3.05) is 17.3 Å². The van der Waals surface area contributed by atoms with Crippen molar-refractivity contribution in [1.29, 1.82) is 0 Å². The molecule has 0 saturated heterocycles. The summed E-state index contributed by atoms with van der Waals surface area (Å²) in [7, 11) is 0. The molecular formula is C26H23F6IN4O3S. The number of hydrogen-bond acceptors (Lipinski definition) is 5. The van der Waals surface area contributed by atoms with Gasteiger partial charge in [0.2, 0.25) is 0 Å². The van der Waals surface area contributed by atoms with Crippen molar-refractivity contribution in [3.63, 3.8) is 0 Å². The number of carbonyl (C=O) groups excluding carboxylic acids is 3. The maximum atomic E-state index is 13.3. The first-order valence-electron chi connectivity index (χ1n) is 11.8. The van der Waals surface area contributed by atoms with E-state index < -0.39 is 41.2 Å². The molecule has 3 rings (SSSR count). The number of carbonyl (C=O) groups is 3. The number of anilines is 1. The predicted molar refractivity (Wildman–Crippen MR) is 150 cm³/mol. The van der Waals surface area contributed by atoms with Gasteiger partial charge in [-0.05, 0) is 72.0 Å². The number of benzene rings is 2. The molecule has 0 aliphatic rings. The van der Waals surface area contributed by atoms with E-state index in [9.17, 15) is 40.7 Å². The maximum Gasteiger partial charge on any atom is 0.455 e. The number of nitrogens with one attached hydrogen (secondary N) is 2. The van der Waals surface area contributed by atoms with Crippen molar-refractivity contribution in [2.45, 2.75) is 38.8 Å². The van der Waals surface area contributed by atoms with Gasteiger partial charge in [0.25, 0.3) is 17.6 Å². The molecule has 41 heavy (non-hydrogen) atoms. The highest BCUT2D eigenvalue weighted by Gasteiger charge is 2.47. The third kappa shape index (κ3) is 8.02. The number of Topliss-reactive ketones (excluding diaryl/α,β-unsaturated/α-hetero) is 1. The maximum absolute atomic E-state index is 13.3. The highest BCUT2D eigenvalue weighted by atomic mass is 127. The Hall–Kier alpha value is -3.08. The predicted octanol–water partition coefficient (Wildman–Crippen LogP) is 6.34. The van der Waals surface area contributed by atoms with E-state index in [0.717, 1.165) is 0 Å². The second-order valence-electron chi connectivity index (χ2n) is 9.01. The molecule has 0 aliphatic heterocycles. The van der Waals surface area contributed by atoms with Crippen molar-refractivity contribution < 1.29 is 40.7 Å². The molecule has 220 valence electrons. The van der Waals surface area contributed by atoms with Gasteiger partial charge in [-0.25, -0.2) is 0 Å². The van der Waals surface area contributed by atoms with Crippen molar-refractivity contribution in [1.82, 2.24) is 15.1 Å². The summed E-state index contributed by atoms with van der Waals surface area (Å²) in [5, 5.41) is 8.76. The van der Waals surface area contributed by atoms with Crippen molar-refractivity contribution in [3.8, 4) is 0 Å². The van der Waals surface area contributed by atoms with Gasteiger partial charge in [0, 0.05) is 27.2 Å². The first-order chi connectivity index (χ1) is 19.0. The van der Waals surface area contributed by atoms with Crippen LogP contribution in [0.4, 0.5) is 32.0 Å². The number of halogens is 7. The lowest BCUT2D eigenvalue weighted by Gasteiger charge is -2.16. The van der Waals surface area contributed by atoms with Crippen molar-refractivity contribution >= 4 is 57.6 Å². The summed E-state index contributed by atoms with van der Waals surface area (Å²) in [5.74, 6) is -2.94. The Morgan fingerprint density at radius 3 is 2.32 bits per heavy atom. The third-order valence-electron chi connectivity index (χ3n) is 5.70. The zero-order chi connectivity index (χ0) is 30.7. The first-order valence-corrected chi connectivity index (χ1v) is 14.3. The van der Waals surface area contributed by atoms with Gasteiger partial charge in [0.15, 0.2) is 5.69 Å². The fourth-order valence-electron chi connectivity index (χ4n) is 3.90. The Balaban J connectivity index is 1.84. The number of hydrogen-bond donors (Lipinski definition) is 2. The van der Waals surface area contributed by atoms with E-state index in [4.69, 9.17) is 0 Å². The van der Waals surface area contributed by atoms with Gasteiger partial charge in [0.1, 0.15) is 0 Å². The lowest BCUT2D eigenvalue weighted by atomic mass is 10.0. The normalized spacial score (nSPS) is 12.6. The fraction of sp³-hybridized carbons (Fsp3) is 0.308. The standard InChI is InChI=1S/C26H23F6IN4O3S/c1-13-9-15(10-37-11-17(22(38)26(30,31)32)21(36-37)25(27,28)29)7-8-19(13)35-23(39)16-5-4-6-18(33)20(16)24(40)34-14(2)12-41-3/h4-9,11,14H,10,12H2,1-3H3,(H,34,40)(H,35,39)/t14-/m0/s1. The summed E-state index contributed by atoms with van der Waals surface area (Å²) in [6, 6.07) is 9.10. The molecule has 2 amide bonds. The number of thioether (sulfide) groups is 1. The minimum absolute atomic E-state index is 0.132. The summed E-state index contributed by atoms with van der Waals surface area (Å²) in [4.78, 5) is 37.6. The average molecular weight is 712 g/mol. The van der Waals surface area contributed by atoms with Gasteiger partial charge >= 0.3 is 12.4 Å². The fourth-order valence-corrected chi connectivity index (χ4v) is 5.23. The van der Waals surface area contributed by atoms with Crippen LogP contribution in [0.15, 0.2) is 42.6 Å². The molecule has 2 aromatic carbocycles. The summed E-state index contributed by atoms with van der Waals surface area (Å²) >= 11 is 3.52. The van der Waals surface area contributed by atoms with Crippen LogP contribution in [0.2, 0.25) is 0 Å². The third-order valence-corrected chi connectivity index (χ3v) is 7.43. The Morgan fingerprint density at radius 1 is 1.05 bits per heavy atom. The number of nitrogens with zero attached hydrogens (tertiary/aromatic N) is 2. The number of alkyl halides is 6. The topological polar surface area (TPSA) is 93.1 Å². The van der Waals surface area contributed by atoms with Crippen molar-refractivity contribution in [2.24, 2.45) is 0 Å². The van der Waals surface area contributed by atoms with E-state index in [-0.39, 0.29) is 23.7 Å². The van der Waals surface area contributed by atoms with Gasteiger partial charge in [-0.2, -0.15) is 43.2 Å². The second kappa shape index (κ2) is 12.8. The largest absolute Gasteiger partial charge is 0.455 e. The van der Waals surface area contributed by atoms with Crippen LogP contribution in [0, 0.1) is 10.5 Å². The summed E-state index contributed by atoms with van der Waals surface area (Å²) in [5.41, 5.74) is -2.02. The number of aryl methyl sites for hydroxylation is 1. The molecule has 0 aliphatic carbocycles. The van der Waals surface area contributed by atoms with E-state index in [1.54, 1.807) is 30.8 Å². The highest BCUT2D eigenvalue weighted by molar-refractivity contribution is 14.1. The SMILES string of the molecule is CSC[C@H](C)NC(=O)c1c(I)cccc1C(=O)Nc1ccc(Cn2cc(C(=O)C(F)(F)F)c(C(F)(F)F)n2)cc1C. The van der Waals surface area contributed by atoms with E-state index in [1.807, 2.05) is 35.8 Å². The van der Waals surface area contributed by atoms with Crippen molar-refractivity contribution in [3.05, 3.63) is 79.7 Å². The Morgan fingerprint density at radius 2 is 1.73 bits per heavy atom. The van der Waals surface area contributed by atoms with Crippen LogP contribution in [0.5, 0.6) is 0 Å². The molecule has 0 unspecified atom stereocenters. The van der Waals surface area contributed by atoms with Gasteiger partial charge in [-0.15, -0.1) is 0 Å². The molecular weight excluding hydrogens is 689 g/mol. The van der Waals surface area contributed by atoms with Crippen LogP contribution < -0.4 is 10.6 Å². The minimum Gasteiger partial charge on any atom is -0.349 e. The molecule has 0 radical (unpaired) electrons.